The Morgan fingerprint density at radius 2 is 1.93 bits per heavy atom. The van der Waals surface area contributed by atoms with Gasteiger partial charge in [-0.1, -0.05) is 43.3 Å². The van der Waals surface area contributed by atoms with Gasteiger partial charge in [-0.2, -0.15) is 0 Å². The Morgan fingerprint density at radius 3 is 2.57 bits per heavy atom. The van der Waals surface area contributed by atoms with Crippen molar-refractivity contribution in [3.05, 3.63) is 41.5 Å². The maximum atomic E-state index is 2.40. The summed E-state index contributed by atoms with van der Waals surface area (Å²) in [5, 5.41) is 0. The number of rotatable bonds is 1. The summed E-state index contributed by atoms with van der Waals surface area (Å²) in [5.74, 6) is 0.672. The van der Waals surface area contributed by atoms with Crippen molar-refractivity contribution in [1.82, 2.24) is 0 Å². The molecule has 0 heterocycles. The van der Waals surface area contributed by atoms with Crippen LogP contribution in [0.3, 0.4) is 0 Å². The van der Waals surface area contributed by atoms with Gasteiger partial charge in [-0.15, -0.1) is 0 Å². The molecule has 1 aromatic carbocycles. The van der Waals surface area contributed by atoms with Gasteiger partial charge in [-0.3, -0.25) is 0 Å². The van der Waals surface area contributed by atoms with E-state index in [1.807, 2.05) is 0 Å². The van der Waals surface area contributed by atoms with Gasteiger partial charge in [0.2, 0.25) is 0 Å². The van der Waals surface area contributed by atoms with Gasteiger partial charge >= 0.3 is 50.0 Å². The van der Waals surface area contributed by atoms with Crippen molar-refractivity contribution in [1.29, 1.82) is 0 Å². The summed E-state index contributed by atoms with van der Waals surface area (Å²) < 4.78 is 0. The Bertz CT molecular complexity index is 310. The van der Waals surface area contributed by atoms with Crippen LogP contribution < -0.4 is 0 Å². The van der Waals surface area contributed by atoms with E-state index in [4.69, 9.17) is 0 Å². The molecule has 1 aliphatic carbocycles. The molecule has 0 saturated carbocycles. The molecule has 0 saturated heterocycles. The molecule has 0 aliphatic heterocycles. The van der Waals surface area contributed by atoms with Crippen LogP contribution in [-0.4, -0.2) is 0 Å². The van der Waals surface area contributed by atoms with Gasteiger partial charge in [0, 0.05) is 5.92 Å². The minimum atomic E-state index is 0.440. The maximum absolute atomic E-state index is 2.40. The van der Waals surface area contributed by atoms with Crippen LogP contribution in [0.2, 0.25) is 0 Å². The molecule has 0 N–H and O–H groups in total. The molecule has 74 valence electrons. The molecule has 0 spiro atoms. The Balaban J connectivity index is 0.000000293. The summed E-state index contributed by atoms with van der Waals surface area (Å²) >= 11 is 5.24. The van der Waals surface area contributed by atoms with E-state index in [0.29, 0.717) is 17.6 Å². The quantitative estimate of drug-likeness (QED) is 0.422. The molecule has 1 unspecified atom stereocenters. The van der Waals surface area contributed by atoms with E-state index < -0.39 is 0 Å². The van der Waals surface area contributed by atoms with Gasteiger partial charge in [0.25, 0.3) is 0 Å². The van der Waals surface area contributed by atoms with Gasteiger partial charge in [-0.25, -0.2) is 0 Å². The van der Waals surface area contributed by atoms with Crippen LogP contribution >= 0.6 is 38.4 Å². The van der Waals surface area contributed by atoms with Crippen LogP contribution in [0.25, 0.3) is 6.08 Å². The van der Waals surface area contributed by atoms with E-state index in [2.05, 4.69) is 81.7 Å². The van der Waals surface area contributed by atoms with E-state index in [1.54, 1.807) is 0 Å². The first-order valence-electron chi connectivity index (χ1n) is 4.56. The molecule has 0 amide bonds. The molecular formula is C11H12I2Ti. The van der Waals surface area contributed by atoms with Gasteiger partial charge < -0.3 is 0 Å². The van der Waals surface area contributed by atoms with Crippen LogP contribution in [0.5, 0.6) is 0 Å². The molecule has 1 aliphatic rings. The van der Waals surface area contributed by atoms with E-state index in [-0.39, 0.29) is 0 Å². The van der Waals surface area contributed by atoms with Crippen molar-refractivity contribution < 1.29 is 11.7 Å². The summed E-state index contributed by atoms with van der Waals surface area (Å²) in [6.45, 7) is 2.23. The number of allylic oxidation sites excluding steroid dienone is 1. The first-order valence-corrected chi connectivity index (χ1v) is 14.6. The zero-order chi connectivity index (χ0) is 10.4. The minimum absolute atomic E-state index is 0.440. The van der Waals surface area contributed by atoms with Crippen LogP contribution in [0.15, 0.2) is 30.3 Å². The molecule has 1 atom stereocenters. The van der Waals surface area contributed by atoms with Crippen molar-refractivity contribution in [2.45, 2.75) is 19.3 Å². The Labute approximate surface area is 115 Å². The number of hydrogen-bond donors (Lipinski definition) is 0. The SMILES string of the molecule is CCC1C=Cc2ccccc21.[I][Ti][I]. The second-order valence-electron chi connectivity index (χ2n) is 3.07. The average Bonchev–Trinajstić information content (AvgIpc) is 2.62. The normalized spacial score (nSPS) is 16.9. The van der Waals surface area contributed by atoms with Crippen molar-refractivity contribution in [2.75, 3.05) is 0 Å². The summed E-state index contributed by atoms with van der Waals surface area (Å²) in [6.07, 6.45) is 5.74. The standard InChI is InChI=1S/C11H12.2HI.Ti/c1-2-9-7-8-10-5-3-4-6-11(9)10;;;/h3-9H,2H2,1H3;2*1H;/q;;;+2/p-2. The molecule has 3 heteroatoms. The number of hydrogen-bond acceptors (Lipinski definition) is 0. The Morgan fingerprint density at radius 1 is 1.29 bits per heavy atom. The fourth-order valence-corrected chi connectivity index (χ4v) is 1.68. The van der Waals surface area contributed by atoms with Crippen LogP contribution in [0.4, 0.5) is 0 Å². The summed E-state index contributed by atoms with van der Waals surface area (Å²) in [7, 11) is 0. The van der Waals surface area contributed by atoms with Gasteiger partial charge in [0.05, 0.1) is 0 Å². The van der Waals surface area contributed by atoms with Gasteiger partial charge in [-0.05, 0) is 17.5 Å². The molecule has 0 radical (unpaired) electrons. The zero-order valence-corrected chi connectivity index (χ0v) is 13.9. The predicted molar refractivity (Wildman–Crippen MR) is 76.5 cm³/mol. The third kappa shape index (κ3) is 3.61. The molecule has 2 rings (SSSR count). The number of benzene rings is 1. The molecule has 0 fully saturated rings. The molecule has 0 aromatic heterocycles. The Hall–Kier alpha value is 1.13. The van der Waals surface area contributed by atoms with Crippen LogP contribution in [-0.2, 0) is 11.7 Å². The Kier molecular flexibility index (Phi) is 6.99. The molecule has 14 heavy (non-hydrogen) atoms. The zero-order valence-electron chi connectivity index (χ0n) is 8.00. The fourth-order valence-electron chi connectivity index (χ4n) is 1.68. The van der Waals surface area contributed by atoms with E-state index in [9.17, 15) is 0 Å². The first kappa shape index (κ1) is 13.2. The summed E-state index contributed by atoms with van der Waals surface area (Å²) in [5.41, 5.74) is 2.90. The number of fused-ring (bicyclic) bond motifs is 1. The van der Waals surface area contributed by atoms with Crippen molar-refractivity contribution in [3.63, 3.8) is 0 Å². The number of halogens is 2. The summed E-state index contributed by atoms with van der Waals surface area (Å²) in [6, 6.07) is 8.63. The topological polar surface area (TPSA) is 0 Å². The third-order valence-corrected chi connectivity index (χ3v) is 2.34. The molecule has 0 nitrogen and oxygen atoms in total. The molecule has 1 aromatic rings. The van der Waals surface area contributed by atoms with Crippen LogP contribution in [0.1, 0.15) is 30.4 Å². The van der Waals surface area contributed by atoms with Gasteiger partial charge in [0.15, 0.2) is 0 Å². The first-order chi connectivity index (χ1) is 6.83. The fraction of sp³-hybridized carbons (Fsp3) is 0.273. The second-order valence-corrected chi connectivity index (χ2v) is 16.3. The average molecular weight is 446 g/mol. The predicted octanol–water partition coefficient (Wildman–Crippen LogP) is 4.98. The molecule has 0 bridgehead atoms. The second kappa shape index (κ2) is 7.41. The van der Waals surface area contributed by atoms with Gasteiger partial charge in [0.1, 0.15) is 0 Å². The van der Waals surface area contributed by atoms with Crippen molar-refractivity contribution in [3.8, 4) is 0 Å². The van der Waals surface area contributed by atoms with E-state index in [1.165, 1.54) is 17.5 Å². The molecular weight excluding hydrogens is 434 g/mol. The van der Waals surface area contributed by atoms with Crippen molar-refractivity contribution >= 4 is 44.5 Å². The summed E-state index contributed by atoms with van der Waals surface area (Å²) in [4.78, 5) is 0. The monoisotopic (exact) mass is 446 g/mol. The third-order valence-electron chi connectivity index (χ3n) is 2.34. The van der Waals surface area contributed by atoms with E-state index >= 15 is 0 Å². The van der Waals surface area contributed by atoms with Crippen molar-refractivity contribution in [2.24, 2.45) is 0 Å². The van der Waals surface area contributed by atoms with E-state index in [0.717, 1.165) is 0 Å². The van der Waals surface area contributed by atoms with Crippen LogP contribution in [0, 0.1) is 0 Å².